The van der Waals surface area contributed by atoms with Crippen molar-refractivity contribution in [3.05, 3.63) is 53.4 Å². The molecule has 0 bridgehead atoms. The van der Waals surface area contributed by atoms with Crippen molar-refractivity contribution in [1.29, 1.82) is 0 Å². The van der Waals surface area contributed by atoms with Crippen LogP contribution in [0.5, 0.6) is 0 Å². The highest BCUT2D eigenvalue weighted by Gasteiger charge is 2.51. The Morgan fingerprint density at radius 2 is 1.93 bits per heavy atom. The molecule has 2 aromatic rings. The Kier molecular flexibility index (Phi) is 7.23. The maximum Gasteiger partial charge on any atom is 0.317 e. The van der Waals surface area contributed by atoms with E-state index >= 15 is 0 Å². The molecule has 0 amide bonds. The third-order valence-electron chi connectivity index (χ3n) is 6.07. The minimum atomic E-state index is -0.734. The highest BCUT2D eigenvalue weighted by Crippen LogP contribution is 2.46. The van der Waals surface area contributed by atoms with E-state index in [1.165, 1.54) is 5.56 Å². The smallest absolute Gasteiger partial charge is 0.317 e. The van der Waals surface area contributed by atoms with Gasteiger partial charge in [-0.15, -0.1) is 0 Å². The summed E-state index contributed by atoms with van der Waals surface area (Å²) in [4.78, 5) is 24.1. The number of aromatic nitrogens is 1. The summed E-state index contributed by atoms with van der Waals surface area (Å²) in [6.45, 7) is 6.33. The number of benzene rings is 1. The standard InChI is InChI=1S/C21H27N3O3.CH2O2/c1-16-9-19(27-22-16)12-23-10-18-11-24(13-20(25)26)15-21(18,14-23)8-7-17-5-3-2-4-6-17;2-1-3/h2-6,9,18H,7-8,10-15H2,1H3,(H,25,26);1H,(H,2,3). The Hall–Kier alpha value is -2.71. The minimum Gasteiger partial charge on any atom is -0.483 e. The second-order valence-electron chi connectivity index (χ2n) is 8.32. The minimum absolute atomic E-state index is 0.144. The number of aryl methyl sites for hydroxylation is 2. The first kappa shape index (κ1) is 22.0. The van der Waals surface area contributed by atoms with E-state index in [4.69, 9.17) is 14.4 Å². The molecule has 8 nitrogen and oxygen atoms in total. The lowest BCUT2D eigenvalue weighted by atomic mass is 9.76. The van der Waals surface area contributed by atoms with Crippen molar-refractivity contribution >= 4 is 12.4 Å². The fraction of sp³-hybridized carbons (Fsp3) is 0.500. The maximum absolute atomic E-state index is 11.2. The first-order valence-corrected chi connectivity index (χ1v) is 10.1. The molecule has 2 atom stereocenters. The van der Waals surface area contributed by atoms with Gasteiger partial charge < -0.3 is 14.7 Å². The number of carboxylic acids is 1. The molecule has 4 rings (SSSR count). The van der Waals surface area contributed by atoms with Gasteiger partial charge in [0.15, 0.2) is 5.76 Å². The van der Waals surface area contributed by atoms with Gasteiger partial charge in [-0.05, 0) is 31.2 Å². The molecule has 0 saturated carbocycles. The average molecular weight is 415 g/mol. The molecule has 2 N–H and O–H groups in total. The fourth-order valence-electron chi connectivity index (χ4n) is 4.94. The molecular weight excluding hydrogens is 386 g/mol. The first-order chi connectivity index (χ1) is 14.4. The maximum atomic E-state index is 11.2. The van der Waals surface area contributed by atoms with E-state index in [0.717, 1.165) is 57.0 Å². The van der Waals surface area contributed by atoms with E-state index in [9.17, 15) is 9.90 Å². The summed E-state index contributed by atoms with van der Waals surface area (Å²) in [5, 5.41) is 20.1. The van der Waals surface area contributed by atoms with Crippen LogP contribution in [0, 0.1) is 18.3 Å². The van der Waals surface area contributed by atoms with Gasteiger partial charge in [0.1, 0.15) is 0 Å². The number of likely N-dealkylation sites (tertiary alicyclic amines) is 2. The predicted molar refractivity (Wildman–Crippen MR) is 110 cm³/mol. The summed E-state index contributed by atoms with van der Waals surface area (Å²) in [6.07, 6.45) is 2.12. The van der Waals surface area contributed by atoms with Crippen molar-refractivity contribution in [3.8, 4) is 0 Å². The topological polar surface area (TPSA) is 107 Å². The number of hydrogen-bond acceptors (Lipinski definition) is 6. The predicted octanol–water partition coefficient (Wildman–Crippen LogP) is 2.14. The van der Waals surface area contributed by atoms with Crippen LogP contribution in [0.15, 0.2) is 40.9 Å². The molecule has 3 heterocycles. The molecule has 30 heavy (non-hydrogen) atoms. The van der Waals surface area contributed by atoms with Crippen LogP contribution in [-0.2, 0) is 22.6 Å². The van der Waals surface area contributed by atoms with Crippen molar-refractivity contribution in [3.63, 3.8) is 0 Å². The molecule has 0 spiro atoms. The highest BCUT2D eigenvalue weighted by molar-refractivity contribution is 5.69. The molecule has 2 unspecified atom stereocenters. The molecule has 2 aliphatic heterocycles. The lowest BCUT2D eigenvalue weighted by molar-refractivity contribution is -0.138. The quantitative estimate of drug-likeness (QED) is 0.663. The zero-order chi connectivity index (χ0) is 21.6. The van der Waals surface area contributed by atoms with Gasteiger partial charge in [-0.2, -0.15) is 0 Å². The summed E-state index contributed by atoms with van der Waals surface area (Å²) in [6, 6.07) is 12.6. The lowest BCUT2D eigenvalue weighted by Gasteiger charge is -2.29. The van der Waals surface area contributed by atoms with Gasteiger partial charge in [-0.25, -0.2) is 0 Å². The summed E-state index contributed by atoms with van der Waals surface area (Å²) in [7, 11) is 0. The van der Waals surface area contributed by atoms with Crippen molar-refractivity contribution in [2.45, 2.75) is 26.3 Å². The van der Waals surface area contributed by atoms with Crippen LogP contribution in [0.1, 0.15) is 23.4 Å². The van der Waals surface area contributed by atoms with Crippen LogP contribution < -0.4 is 0 Å². The molecule has 0 radical (unpaired) electrons. The number of hydrogen-bond donors (Lipinski definition) is 2. The van der Waals surface area contributed by atoms with Crippen LogP contribution in [0.4, 0.5) is 0 Å². The Labute approximate surface area is 176 Å². The second-order valence-corrected chi connectivity index (χ2v) is 8.32. The fourth-order valence-corrected chi connectivity index (χ4v) is 4.94. The Morgan fingerprint density at radius 1 is 1.27 bits per heavy atom. The molecule has 8 heteroatoms. The van der Waals surface area contributed by atoms with E-state index in [1.54, 1.807) is 0 Å². The molecule has 162 valence electrons. The van der Waals surface area contributed by atoms with E-state index < -0.39 is 5.97 Å². The van der Waals surface area contributed by atoms with Gasteiger partial charge in [0.25, 0.3) is 6.47 Å². The molecular formula is C22H29N3O5. The third-order valence-corrected chi connectivity index (χ3v) is 6.07. The zero-order valence-electron chi connectivity index (χ0n) is 17.2. The lowest BCUT2D eigenvalue weighted by Crippen LogP contribution is -2.36. The molecule has 2 fully saturated rings. The normalized spacial score (nSPS) is 23.6. The van der Waals surface area contributed by atoms with Crippen molar-refractivity contribution in [2.24, 2.45) is 11.3 Å². The van der Waals surface area contributed by atoms with Gasteiger partial charge in [-0.1, -0.05) is 35.5 Å². The molecule has 1 aromatic heterocycles. The number of nitrogens with zero attached hydrogens (tertiary/aromatic N) is 3. The Balaban J connectivity index is 0.000000806. The van der Waals surface area contributed by atoms with Gasteiger partial charge in [0, 0.05) is 37.7 Å². The van der Waals surface area contributed by atoms with Crippen LogP contribution >= 0.6 is 0 Å². The van der Waals surface area contributed by atoms with Gasteiger partial charge in [0.2, 0.25) is 0 Å². The largest absolute Gasteiger partial charge is 0.483 e. The summed E-state index contributed by atoms with van der Waals surface area (Å²) in [5.41, 5.74) is 2.42. The van der Waals surface area contributed by atoms with Gasteiger partial charge in [0.05, 0.1) is 18.8 Å². The number of carboxylic acid groups (broad SMARTS) is 2. The number of carbonyl (C=O) groups is 2. The van der Waals surface area contributed by atoms with Gasteiger partial charge in [-0.3, -0.25) is 19.4 Å². The second kappa shape index (κ2) is 9.86. The SMILES string of the molecule is Cc1cc(CN2CC3CN(CC(=O)O)CC3(CCc3ccccc3)C2)on1.O=CO. The molecule has 1 aromatic carbocycles. The monoisotopic (exact) mass is 415 g/mol. The van der Waals surface area contributed by atoms with Crippen molar-refractivity contribution in [1.82, 2.24) is 15.0 Å². The number of aliphatic carboxylic acids is 1. The third kappa shape index (κ3) is 5.46. The van der Waals surface area contributed by atoms with Crippen molar-refractivity contribution in [2.75, 3.05) is 32.7 Å². The zero-order valence-corrected chi connectivity index (χ0v) is 17.2. The van der Waals surface area contributed by atoms with E-state index in [0.29, 0.717) is 5.92 Å². The highest BCUT2D eigenvalue weighted by atomic mass is 16.5. The van der Waals surface area contributed by atoms with E-state index in [-0.39, 0.29) is 18.4 Å². The summed E-state index contributed by atoms with van der Waals surface area (Å²) >= 11 is 0. The average Bonchev–Trinajstić information content (AvgIpc) is 3.33. The molecule has 2 saturated heterocycles. The summed E-state index contributed by atoms with van der Waals surface area (Å²) in [5.74, 6) is 0.680. The van der Waals surface area contributed by atoms with E-state index in [2.05, 4.69) is 39.2 Å². The van der Waals surface area contributed by atoms with E-state index in [1.807, 2.05) is 19.1 Å². The van der Waals surface area contributed by atoms with Crippen LogP contribution in [0.2, 0.25) is 0 Å². The van der Waals surface area contributed by atoms with Gasteiger partial charge >= 0.3 is 5.97 Å². The van der Waals surface area contributed by atoms with Crippen LogP contribution in [-0.4, -0.2) is 70.3 Å². The Morgan fingerprint density at radius 3 is 2.57 bits per heavy atom. The van der Waals surface area contributed by atoms with Crippen LogP contribution in [0.3, 0.4) is 0 Å². The molecule has 0 aliphatic carbocycles. The number of rotatable bonds is 7. The van der Waals surface area contributed by atoms with Crippen molar-refractivity contribution < 1.29 is 24.3 Å². The van der Waals surface area contributed by atoms with Crippen LogP contribution in [0.25, 0.3) is 0 Å². The number of fused-ring (bicyclic) bond motifs is 1. The molecule has 2 aliphatic rings. The summed E-state index contributed by atoms with van der Waals surface area (Å²) < 4.78 is 5.40. The Bertz CT molecular complexity index is 840. The first-order valence-electron chi connectivity index (χ1n) is 10.1.